The Morgan fingerprint density at radius 2 is 1.78 bits per heavy atom. The minimum absolute atomic E-state index is 0.128. The summed E-state index contributed by atoms with van der Waals surface area (Å²) in [7, 11) is -3.60. The highest BCUT2D eigenvalue weighted by Crippen LogP contribution is 2.20. The molecule has 0 saturated carbocycles. The largest absolute Gasteiger partial charge is 0.379 e. The lowest BCUT2D eigenvalue weighted by molar-refractivity contribution is 0.0207. The van der Waals surface area contributed by atoms with Gasteiger partial charge in [-0.05, 0) is 37.1 Å². The number of hydrogen-bond donors (Lipinski definition) is 0. The Hall–Kier alpha value is -2.62. The van der Waals surface area contributed by atoms with E-state index in [1.54, 1.807) is 28.9 Å². The molecule has 0 radical (unpaired) electrons. The SMILES string of the molecule is Cc1ccc(S(=O)(=O)CN=C(C(C(C)C)N2CCOCC2)n2nnc3ccccc32)cc1. The highest BCUT2D eigenvalue weighted by Gasteiger charge is 2.31. The second kappa shape index (κ2) is 9.48. The lowest BCUT2D eigenvalue weighted by atomic mass is 10.0. The van der Waals surface area contributed by atoms with Crippen molar-refractivity contribution in [3.05, 3.63) is 54.1 Å². The van der Waals surface area contributed by atoms with E-state index in [-0.39, 0.29) is 22.7 Å². The number of hydrogen-bond acceptors (Lipinski definition) is 7. The van der Waals surface area contributed by atoms with Crippen LogP contribution in [0.2, 0.25) is 0 Å². The molecule has 1 aliphatic heterocycles. The first-order valence-electron chi connectivity index (χ1n) is 10.8. The number of fused-ring (bicyclic) bond motifs is 1. The van der Waals surface area contributed by atoms with Gasteiger partial charge in [0.25, 0.3) is 0 Å². The van der Waals surface area contributed by atoms with Crippen molar-refractivity contribution in [3.63, 3.8) is 0 Å². The van der Waals surface area contributed by atoms with Gasteiger partial charge in [0.05, 0.1) is 29.7 Å². The fourth-order valence-electron chi connectivity index (χ4n) is 4.03. The molecule has 0 amide bonds. The summed E-state index contributed by atoms with van der Waals surface area (Å²) in [6.45, 7) is 8.93. The number of ether oxygens (including phenoxy) is 1. The molecule has 1 unspecified atom stereocenters. The minimum atomic E-state index is -3.60. The third-order valence-electron chi connectivity index (χ3n) is 5.68. The highest BCUT2D eigenvalue weighted by atomic mass is 32.2. The zero-order valence-electron chi connectivity index (χ0n) is 18.7. The number of morpholine rings is 1. The van der Waals surface area contributed by atoms with Gasteiger partial charge in [-0.25, -0.2) is 8.42 Å². The summed E-state index contributed by atoms with van der Waals surface area (Å²) in [4.78, 5) is 7.25. The summed E-state index contributed by atoms with van der Waals surface area (Å²) in [6.07, 6.45) is 0. The molecule has 1 aliphatic rings. The van der Waals surface area contributed by atoms with E-state index in [0.29, 0.717) is 19.0 Å². The van der Waals surface area contributed by atoms with E-state index in [1.165, 1.54) is 0 Å². The monoisotopic (exact) mass is 455 g/mol. The predicted molar refractivity (Wildman–Crippen MR) is 125 cm³/mol. The zero-order chi connectivity index (χ0) is 22.7. The number of rotatable bonds is 6. The van der Waals surface area contributed by atoms with E-state index in [0.717, 1.165) is 29.7 Å². The zero-order valence-corrected chi connectivity index (χ0v) is 19.5. The standard InChI is InChI=1S/C23H29N5O3S/c1-17(2)22(27-12-14-31-15-13-27)23(28-21-7-5-4-6-20(21)25-26-28)24-16-32(29,30)19-10-8-18(3)9-11-19/h4-11,17,22H,12-16H2,1-3H3. The number of aliphatic imine (C=N–C) groups is 1. The lowest BCUT2D eigenvalue weighted by Gasteiger charge is -2.37. The summed E-state index contributed by atoms with van der Waals surface area (Å²) in [6, 6.07) is 14.4. The number of aromatic nitrogens is 3. The molecule has 2 heterocycles. The number of aryl methyl sites for hydroxylation is 1. The first-order valence-corrected chi connectivity index (χ1v) is 12.5. The Morgan fingerprint density at radius 3 is 2.47 bits per heavy atom. The van der Waals surface area contributed by atoms with E-state index in [1.807, 2.05) is 31.2 Å². The summed E-state index contributed by atoms with van der Waals surface area (Å²) in [5, 5.41) is 8.64. The third-order valence-corrected chi connectivity index (χ3v) is 7.14. The summed E-state index contributed by atoms with van der Waals surface area (Å²) in [5.41, 5.74) is 2.55. The third kappa shape index (κ3) is 4.74. The van der Waals surface area contributed by atoms with Crippen molar-refractivity contribution in [2.75, 3.05) is 32.2 Å². The number of sulfone groups is 1. The van der Waals surface area contributed by atoms with Crippen LogP contribution in [0.1, 0.15) is 19.4 Å². The molecular formula is C23H29N5O3S. The molecule has 3 aromatic rings. The van der Waals surface area contributed by atoms with Gasteiger partial charge in [0.15, 0.2) is 9.84 Å². The fourth-order valence-corrected chi connectivity index (χ4v) is 5.04. The molecule has 9 heteroatoms. The van der Waals surface area contributed by atoms with Gasteiger partial charge in [0.2, 0.25) is 0 Å². The average molecular weight is 456 g/mol. The number of benzene rings is 2. The molecule has 1 atom stereocenters. The molecule has 1 fully saturated rings. The van der Waals surface area contributed by atoms with Gasteiger partial charge in [-0.15, -0.1) is 5.10 Å². The second-order valence-electron chi connectivity index (χ2n) is 8.40. The van der Waals surface area contributed by atoms with Crippen LogP contribution in [0.4, 0.5) is 0 Å². The quantitative estimate of drug-likeness (QED) is 0.419. The summed E-state index contributed by atoms with van der Waals surface area (Å²) < 4.78 is 33.4. The van der Waals surface area contributed by atoms with Gasteiger partial charge in [0, 0.05) is 13.1 Å². The Bertz CT molecular complexity index is 1200. The van der Waals surface area contributed by atoms with Crippen molar-refractivity contribution in [1.29, 1.82) is 0 Å². The van der Waals surface area contributed by atoms with Crippen LogP contribution in [0.5, 0.6) is 0 Å². The first-order chi connectivity index (χ1) is 15.4. The Morgan fingerprint density at radius 1 is 1.09 bits per heavy atom. The molecule has 8 nitrogen and oxygen atoms in total. The van der Waals surface area contributed by atoms with Crippen LogP contribution in [-0.2, 0) is 14.6 Å². The molecule has 32 heavy (non-hydrogen) atoms. The van der Waals surface area contributed by atoms with Gasteiger partial charge >= 0.3 is 0 Å². The molecule has 0 spiro atoms. The highest BCUT2D eigenvalue weighted by molar-refractivity contribution is 7.91. The second-order valence-corrected chi connectivity index (χ2v) is 10.4. The lowest BCUT2D eigenvalue weighted by Crippen LogP contribution is -2.52. The average Bonchev–Trinajstić information content (AvgIpc) is 3.21. The molecule has 1 aromatic heterocycles. The Balaban J connectivity index is 1.78. The van der Waals surface area contributed by atoms with Crippen LogP contribution in [0, 0.1) is 12.8 Å². The Labute approximate surface area is 188 Å². The molecule has 2 aromatic carbocycles. The van der Waals surface area contributed by atoms with Crippen molar-refractivity contribution in [3.8, 4) is 0 Å². The topological polar surface area (TPSA) is 89.7 Å². The smallest absolute Gasteiger partial charge is 0.198 e. The molecule has 0 N–H and O–H groups in total. The predicted octanol–water partition coefficient (Wildman–Crippen LogP) is 2.77. The van der Waals surface area contributed by atoms with Crippen molar-refractivity contribution < 1.29 is 13.2 Å². The van der Waals surface area contributed by atoms with E-state index in [2.05, 4.69) is 29.1 Å². The molecule has 170 valence electrons. The molecule has 4 rings (SSSR count). The first kappa shape index (κ1) is 22.6. The molecule has 0 bridgehead atoms. The summed E-state index contributed by atoms with van der Waals surface area (Å²) >= 11 is 0. The number of para-hydroxylation sites is 1. The fraction of sp³-hybridized carbons (Fsp3) is 0.435. The van der Waals surface area contributed by atoms with E-state index in [9.17, 15) is 8.42 Å². The van der Waals surface area contributed by atoms with Crippen LogP contribution in [0.3, 0.4) is 0 Å². The van der Waals surface area contributed by atoms with Crippen LogP contribution in [-0.4, -0.2) is 72.4 Å². The maximum Gasteiger partial charge on any atom is 0.198 e. The van der Waals surface area contributed by atoms with Crippen LogP contribution in [0.25, 0.3) is 11.0 Å². The van der Waals surface area contributed by atoms with Crippen molar-refractivity contribution in [1.82, 2.24) is 19.9 Å². The summed E-state index contributed by atoms with van der Waals surface area (Å²) in [5.74, 6) is 0.413. The minimum Gasteiger partial charge on any atom is -0.379 e. The van der Waals surface area contributed by atoms with Gasteiger partial charge in [0.1, 0.15) is 17.2 Å². The van der Waals surface area contributed by atoms with Crippen LogP contribution >= 0.6 is 0 Å². The van der Waals surface area contributed by atoms with Crippen LogP contribution < -0.4 is 0 Å². The number of nitrogens with zero attached hydrogens (tertiary/aromatic N) is 5. The van der Waals surface area contributed by atoms with Crippen molar-refractivity contribution in [2.24, 2.45) is 10.9 Å². The maximum absolute atomic E-state index is 13.1. The van der Waals surface area contributed by atoms with Crippen LogP contribution in [0.15, 0.2) is 58.4 Å². The van der Waals surface area contributed by atoms with Gasteiger partial charge in [-0.1, -0.05) is 48.9 Å². The van der Waals surface area contributed by atoms with Gasteiger partial charge < -0.3 is 4.74 Å². The van der Waals surface area contributed by atoms with Gasteiger partial charge in [-0.2, -0.15) is 4.68 Å². The normalized spacial score (nSPS) is 17.2. The van der Waals surface area contributed by atoms with Crippen molar-refractivity contribution in [2.45, 2.75) is 31.7 Å². The van der Waals surface area contributed by atoms with Crippen molar-refractivity contribution >= 4 is 26.7 Å². The molecule has 1 saturated heterocycles. The van der Waals surface area contributed by atoms with E-state index >= 15 is 0 Å². The van der Waals surface area contributed by atoms with E-state index < -0.39 is 9.84 Å². The molecular weight excluding hydrogens is 426 g/mol. The maximum atomic E-state index is 13.1. The Kier molecular flexibility index (Phi) is 6.68. The van der Waals surface area contributed by atoms with E-state index in [4.69, 9.17) is 9.73 Å². The molecule has 0 aliphatic carbocycles. The van der Waals surface area contributed by atoms with Gasteiger partial charge in [-0.3, -0.25) is 9.89 Å².